The summed E-state index contributed by atoms with van der Waals surface area (Å²) in [5.41, 5.74) is 3.60. The summed E-state index contributed by atoms with van der Waals surface area (Å²) in [6.45, 7) is 3.10. The number of nitrogens with one attached hydrogen (secondary N) is 1. The van der Waals surface area contributed by atoms with E-state index in [1.165, 1.54) is 5.56 Å². The van der Waals surface area contributed by atoms with Crippen LogP contribution in [0.5, 0.6) is 11.6 Å². The molecule has 1 aliphatic heterocycles. The van der Waals surface area contributed by atoms with E-state index in [0.29, 0.717) is 41.7 Å². The molecule has 0 aliphatic carbocycles. The van der Waals surface area contributed by atoms with E-state index in [4.69, 9.17) is 4.74 Å². The Morgan fingerprint density at radius 2 is 1.67 bits per heavy atom. The van der Waals surface area contributed by atoms with Crippen LogP contribution in [-0.2, 0) is 15.8 Å². The minimum Gasteiger partial charge on any atom is -0.439 e. The molecule has 7 nitrogen and oxygen atoms in total. The van der Waals surface area contributed by atoms with Crippen LogP contribution in [0.4, 0.5) is 5.69 Å². The van der Waals surface area contributed by atoms with Gasteiger partial charge in [0.1, 0.15) is 5.75 Å². The van der Waals surface area contributed by atoms with Gasteiger partial charge in [-0.2, -0.15) is 0 Å². The van der Waals surface area contributed by atoms with E-state index in [0.717, 1.165) is 24.2 Å². The molecule has 0 atom stereocenters. The topological polar surface area (TPSA) is 88.6 Å². The SMILES string of the molecule is Cc1ccc(C(=O)N2CCC(c3ccc(Oc4ccccn4)cc3)CC2)cc1NS(=O)(=O)Cc1ccccc1. The lowest BCUT2D eigenvalue weighted by Crippen LogP contribution is -2.38. The van der Waals surface area contributed by atoms with E-state index < -0.39 is 10.0 Å². The Hall–Kier alpha value is -4.17. The molecule has 4 aromatic rings. The third-order valence-corrected chi connectivity index (χ3v) is 8.19. The Labute approximate surface area is 229 Å². The second kappa shape index (κ2) is 11.7. The number of aromatic nitrogens is 1. The van der Waals surface area contributed by atoms with Crippen molar-refractivity contribution < 1.29 is 17.9 Å². The highest BCUT2D eigenvalue weighted by Gasteiger charge is 2.25. The summed E-state index contributed by atoms with van der Waals surface area (Å²) >= 11 is 0. The number of anilines is 1. The molecule has 0 saturated carbocycles. The van der Waals surface area contributed by atoms with Gasteiger partial charge in [0.25, 0.3) is 5.91 Å². The minimum atomic E-state index is -3.62. The maximum atomic E-state index is 13.3. The molecule has 200 valence electrons. The summed E-state index contributed by atoms with van der Waals surface area (Å²) in [5, 5.41) is 0. The van der Waals surface area contributed by atoms with E-state index >= 15 is 0 Å². The summed E-state index contributed by atoms with van der Waals surface area (Å²) in [6, 6.07) is 27.8. The second-order valence-electron chi connectivity index (χ2n) is 9.78. The van der Waals surface area contributed by atoms with Crippen molar-refractivity contribution in [3.8, 4) is 11.6 Å². The van der Waals surface area contributed by atoms with Crippen LogP contribution in [0.3, 0.4) is 0 Å². The van der Waals surface area contributed by atoms with Gasteiger partial charge in [0.15, 0.2) is 0 Å². The van der Waals surface area contributed by atoms with Crippen molar-refractivity contribution in [2.75, 3.05) is 17.8 Å². The normalized spacial score (nSPS) is 14.1. The molecule has 2 heterocycles. The summed E-state index contributed by atoms with van der Waals surface area (Å²) < 4.78 is 34.0. The maximum Gasteiger partial charge on any atom is 0.253 e. The first-order valence-corrected chi connectivity index (χ1v) is 14.6. The van der Waals surface area contributed by atoms with Crippen LogP contribution in [-0.4, -0.2) is 37.3 Å². The average molecular weight is 542 g/mol. The first-order valence-electron chi connectivity index (χ1n) is 13.0. The van der Waals surface area contributed by atoms with Crippen molar-refractivity contribution >= 4 is 21.6 Å². The van der Waals surface area contributed by atoms with Crippen LogP contribution in [0, 0.1) is 6.92 Å². The number of rotatable bonds is 8. The highest BCUT2D eigenvalue weighted by Crippen LogP contribution is 2.31. The zero-order valence-corrected chi connectivity index (χ0v) is 22.6. The van der Waals surface area contributed by atoms with Crippen molar-refractivity contribution in [3.05, 3.63) is 119 Å². The quantitative estimate of drug-likeness (QED) is 0.289. The molecule has 0 radical (unpaired) electrons. The third-order valence-electron chi connectivity index (χ3n) is 6.94. The number of ether oxygens (including phenoxy) is 1. The second-order valence-corrected chi connectivity index (χ2v) is 11.5. The predicted molar refractivity (Wildman–Crippen MR) is 152 cm³/mol. The van der Waals surface area contributed by atoms with Crippen molar-refractivity contribution in [2.24, 2.45) is 0 Å². The lowest BCUT2D eigenvalue weighted by molar-refractivity contribution is 0.0713. The molecular weight excluding hydrogens is 510 g/mol. The van der Waals surface area contributed by atoms with Crippen LogP contribution in [0.25, 0.3) is 0 Å². The van der Waals surface area contributed by atoms with E-state index in [-0.39, 0.29) is 11.7 Å². The number of aryl methyl sites for hydroxylation is 1. The van der Waals surface area contributed by atoms with Gasteiger partial charge in [-0.3, -0.25) is 9.52 Å². The van der Waals surface area contributed by atoms with Gasteiger partial charge in [0.05, 0.1) is 11.4 Å². The first kappa shape index (κ1) is 26.4. The lowest BCUT2D eigenvalue weighted by Gasteiger charge is -2.32. The van der Waals surface area contributed by atoms with E-state index in [1.807, 2.05) is 60.4 Å². The lowest BCUT2D eigenvalue weighted by atomic mass is 9.89. The molecule has 0 spiro atoms. The van der Waals surface area contributed by atoms with Crippen LogP contribution in [0.15, 0.2) is 97.2 Å². The molecule has 0 unspecified atom stereocenters. The summed E-state index contributed by atoms with van der Waals surface area (Å²) in [5.74, 6) is 1.43. The molecule has 3 aromatic carbocycles. The van der Waals surface area contributed by atoms with Gasteiger partial charge in [-0.05, 0) is 72.7 Å². The molecule has 1 aliphatic rings. The number of carbonyl (C=O) groups is 1. The number of hydrogen-bond acceptors (Lipinski definition) is 5. The van der Waals surface area contributed by atoms with Gasteiger partial charge in [0.2, 0.25) is 15.9 Å². The molecule has 1 saturated heterocycles. The number of likely N-dealkylation sites (tertiary alicyclic amines) is 1. The van der Waals surface area contributed by atoms with Gasteiger partial charge in [-0.1, -0.05) is 54.6 Å². The van der Waals surface area contributed by atoms with Crippen molar-refractivity contribution in [1.82, 2.24) is 9.88 Å². The van der Waals surface area contributed by atoms with Crippen LogP contribution >= 0.6 is 0 Å². The van der Waals surface area contributed by atoms with Gasteiger partial charge in [-0.15, -0.1) is 0 Å². The number of nitrogens with zero attached hydrogens (tertiary/aromatic N) is 2. The number of carbonyl (C=O) groups excluding carboxylic acids is 1. The fourth-order valence-corrected chi connectivity index (χ4v) is 6.06. The first-order chi connectivity index (χ1) is 18.9. The number of hydrogen-bond donors (Lipinski definition) is 1. The molecule has 8 heteroatoms. The minimum absolute atomic E-state index is 0.0870. The molecule has 1 fully saturated rings. The van der Waals surface area contributed by atoms with Gasteiger partial charge < -0.3 is 9.64 Å². The Bertz CT molecular complexity index is 1520. The van der Waals surface area contributed by atoms with E-state index in [1.54, 1.807) is 36.5 Å². The highest BCUT2D eigenvalue weighted by molar-refractivity contribution is 7.91. The Balaban J connectivity index is 1.19. The van der Waals surface area contributed by atoms with Crippen LogP contribution in [0.2, 0.25) is 0 Å². The maximum absolute atomic E-state index is 13.3. The fraction of sp³-hybridized carbons (Fsp3) is 0.226. The molecule has 1 aromatic heterocycles. The predicted octanol–water partition coefficient (Wildman–Crippen LogP) is 6.14. The summed E-state index contributed by atoms with van der Waals surface area (Å²) in [7, 11) is -3.62. The van der Waals surface area contributed by atoms with Crippen molar-refractivity contribution in [1.29, 1.82) is 0 Å². The largest absolute Gasteiger partial charge is 0.439 e. The van der Waals surface area contributed by atoms with Crippen molar-refractivity contribution in [2.45, 2.75) is 31.4 Å². The number of sulfonamides is 1. The molecular formula is C31H31N3O4S. The fourth-order valence-electron chi connectivity index (χ4n) is 4.80. The van der Waals surface area contributed by atoms with E-state index in [9.17, 15) is 13.2 Å². The summed E-state index contributed by atoms with van der Waals surface area (Å²) in [6.07, 6.45) is 3.41. The molecule has 1 N–H and O–H groups in total. The number of pyridine rings is 1. The number of piperidine rings is 1. The zero-order valence-electron chi connectivity index (χ0n) is 21.8. The smallest absolute Gasteiger partial charge is 0.253 e. The van der Waals surface area contributed by atoms with Gasteiger partial charge >= 0.3 is 0 Å². The average Bonchev–Trinajstić information content (AvgIpc) is 2.95. The number of amides is 1. The molecule has 0 bridgehead atoms. The Morgan fingerprint density at radius 3 is 2.36 bits per heavy atom. The van der Waals surface area contributed by atoms with Gasteiger partial charge in [0, 0.05) is 30.9 Å². The molecule has 5 rings (SSSR count). The van der Waals surface area contributed by atoms with E-state index in [2.05, 4.69) is 21.8 Å². The summed E-state index contributed by atoms with van der Waals surface area (Å²) in [4.78, 5) is 19.3. The Kier molecular flexibility index (Phi) is 7.93. The van der Waals surface area contributed by atoms with Crippen LogP contribution < -0.4 is 9.46 Å². The number of benzene rings is 3. The third kappa shape index (κ3) is 6.83. The standard InChI is InChI=1S/C31H31N3O4S/c1-23-10-11-27(21-29(23)33-39(36,37)22-24-7-3-2-4-8-24)31(35)34-19-16-26(17-20-34)25-12-14-28(15-13-25)38-30-9-5-6-18-32-30/h2-15,18,21,26,33H,16-17,19-20,22H2,1H3. The Morgan fingerprint density at radius 1 is 0.949 bits per heavy atom. The monoisotopic (exact) mass is 541 g/mol. The van der Waals surface area contributed by atoms with Gasteiger partial charge in [-0.25, -0.2) is 13.4 Å². The van der Waals surface area contributed by atoms with Crippen molar-refractivity contribution in [3.63, 3.8) is 0 Å². The van der Waals surface area contributed by atoms with Crippen LogP contribution in [0.1, 0.15) is 45.8 Å². The molecule has 1 amide bonds. The zero-order chi connectivity index (χ0) is 27.2. The molecule has 39 heavy (non-hydrogen) atoms. The highest BCUT2D eigenvalue weighted by atomic mass is 32.2.